The third kappa shape index (κ3) is 39.9. The van der Waals surface area contributed by atoms with Crippen molar-refractivity contribution in [2.24, 2.45) is 0 Å². The van der Waals surface area contributed by atoms with Crippen LogP contribution in [-0.4, -0.2) is 74.9 Å². The molecule has 0 aromatic rings. The van der Waals surface area contributed by atoms with Crippen molar-refractivity contribution in [3.63, 3.8) is 0 Å². The summed E-state index contributed by atoms with van der Waals surface area (Å²) in [6.45, 7) is 4.25. The van der Waals surface area contributed by atoms with Crippen molar-refractivity contribution in [3.05, 3.63) is 36.5 Å². The molecule has 1 N–H and O–H groups in total. The number of nitrogens with zero attached hydrogens (tertiary/aromatic N) is 1. The molecule has 0 saturated heterocycles. The lowest BCUT2D eigenvalue weighted by atomic mass is 10.1. The monoisotopic (exact) mass is 785 g/mol. The molecule has 0 aliphatic heterocycles. The van der Waals surface area contributed by atoms with Crippen LogP contribution in [0.15, 0.2) is 36.5 Å². The quantitative estimate of drug-likeness (QED) is 0.0125. The first kappa shape index (κ1) is 52.2. The van der Waals surface area contributed by atoms with Gasteiger partial charge in [0, 0.05) is 12.5 Å². The molecule has 0 heterocycles. The van der Waals surface area contributed by atoms with E-state index in [9.17, 15) is 19.0 Å². The van der Waals surface area contributed by atoms with Crippen LogP contribution in [0, 0.1) is 0 Å². The summed E-state index contributed by atoms with van der Waals surface area (Å²) in [5.74, 6) is -1.11. The molecule has 0 radical (unpaired) electrons. The van der Waals surface area contributed by atoms with E-state index in [2.05, 4.69) is 19.9 Å². The van der Waals surface area contributed by atoms with Gasteiger partial charge in [-0.05, 0) is 32.1 Å². The Kier molecular flexibility index (Phi) is 35.6. The average molecular weight is 785 g/mol. The molecular formula is C44H83NO8P+. The van der Waals surface area contributed by atoms with E-state index in [-0.39, 0.29) is 19.6 Å². The molecule has 0 spiro atoms. The number of phosphoric acid groups is 1. The summed E-state index contributed by atoms with van der Waals surface area (Å²) in [6, 6.07) is 0. The maximum atomic E-state index is 12.6. The van der Waals surface area contributed by atoms with E-state index >= 15 is 0 Å². The van der Waals surface area contributed by atoms with E-state index in [4.69, 9.17) is 18.5 Å². The molecule has 0 bridgehead atoms. The second-order valence-corrected chi connectivity index (χ2v) is 17.3. The first-order valence-electron chi connectivity index (χ1n) is 21.8. The van der Waals surface area contributed by atoms with Gasteiger partial charge in [-0.2, -0.15) is 0 Å². The molecule has 2 atom stereocenters. The SMILES string of the molecule is CCCCCCCCCCCCC/C=C/C=C/C(=O)OC[C@H](COP(=O)(O)OCC[N+](C)(C)C)OC(=O)CC/C=C/CCCCCCCCCCCCC. The Morgan fingerprint density at radius 1 is 0.611 bits per heavy atom. The third-order valence-electron chi connectivity index (χ3n) is 9.26. The van der Waals surface area contributed by atoms with Crippen LogP contribution in [0.25, 0.3) is 0 Å². The molecule has 316 valence electrons. The first-order valence-corrected chi connectivity index (χ1v) is 23.3. The van der Waals surface area contributed by atoms with Gasteiger partial charge in [-0.25, -0.2) is 9.36 Å². The number of ether oxygens (including phenoxy) is 2. The Morgan fingerprint density at radius 3 is 1.57 bits per heavy atom. The summed E-state index contributed by atoms with van der Waals surface area (Å²) < 4.78 is 34.0. The molecular weight excluding hydrogens is 701 g/mol. The Labute approximate surface area is 331 Å². The Morgan fingerprint density at radius 2 is 1.07 bits per heavy atom. The number of hydrogen-bond donors (Lipinski definition) is 1. The number of hydrogen-bond acceptors (Lipinski definition) is 7. The van der Waals surface area contributed by atoms with Crippen LogP contribution in [-0.2, 0) is 32.7 Å². The van der Waals surface area contributed by atoms with E-state index in [1.54, 1.807) is 6.08 Å². The Balaban J connectivity index is 4.51. The molecule has 0 fully saturated rings. The zero-order chi connectivity index (χ0) is 40.0. The predicted molar refractivity (Wildman–Crippen MR) is 224 cm³/mol. The normalized spacial score (nSPS) is 14.0. The van der Waals surface area contributed by atoms with Crippen molar-refractivity contribution in [3.8, 4) is 0 Å². The van der Waals surface area contributed by atoms with Crippen molar-refractivity contribution in [1.29, 1.82) is 0 Å². The van der Waals surface area contributed by atoms with Gasteiger partial charge >= 0.3 is 19.8 Å². The number of rotatable bonds is 39. The topological polar surface area (TPSA) is 108 Å². The van der Waals surface area contributed by atoms with Crippen molar-refractivity contribution < 1.29 is 42.1 Å². The van der Waals surface area contributed by atoms with Crippen LogP contribution >= 0.6 is 7.82 Å². The van der Waals surface area contributed by atoms with Gasteiger partial charge in [0.15, 0.2) is 6.10 Å². The first-order chi connectivity index (χ1) is 26.0. The number of phosphoric ester groups is 1. The lowest BCUT2D eigenvalue weighted by Crippen LogP contribution is -2.37. The fourth-order valence-electron chi connectivity index (χ4n) is 5.83. The summed E-state index contributed by atoms with van der Waals surface area (Å²) in [6.07, 6.45) is 41.2. The van der Waals surface area contributed by atoms with Crippen molar-refractivity contribution in [2.75, 3.05) is 47.5 Å². The highest BCUT2D eigenvalue weighted by Gasteiger charge is 2.26. The standard InChI is InChI=1S/C44H82NO8P/c1-6-8-10-12-14-16-18-20-22-24-26-28-30-32-34-36-43(46)50-40-42(41-52-54(48,49)51-39-38-45(3,4)5)53-44(47)37-35-33-31-29-27-25-23-21-19-17-15-13-11-9-7-2/h30-34,36,42H,6-29,35,37-41H2,1-5H3/p+1/b32-30+,33-31+,36-34+/t42-/m1/s1. The number of allylic oxidation sites excluding steroid dienone is 5. The number of esters is 2. The minimum absolute atomic E-state index is 0.0137. The van der Waals surface area contributed by atoms with Crippen molar-refractivity contribution in [1.82, 2.24) is 0 Å². The number of carbonyl (C=O) groups excluding carboxylic acids is 2. The second-order valence-electron chi connectivity index (χ2n) is 15.8. The van der Waals surface area contributed by atoms with Gasteiger partial charge in [0.2, 0.25) is 0 Å². The highest BCUT2D eigenvalue weighted by atomic mass is 31.2. The lowest BCUT2D eigenvalue weighted by Gasteiger charge is -2.24. The maximum Gasteiger partial charge on any atom is 0.472 e. The van der Waals surface area contributed by atoms with Gasteiger partial charge in [0.05, 0.1) is 27.7 Å². The van der Waals surface area contributed by atoms with Gasteiger partial charge in [0.1, 0.15) is 19.8 Å². The zero-order valence-electron chi connectivity index (χ0n) is 35.5. The lowest BCUT2D eigenvalue weighted by molar-refractivity contribution is -0.870. The van der Waals surface area contributed by atoms with E-state index in [1.165, 1.54) is 134 Å². The van der Waals surface area contributed by atoms with E-state index in [0.29, 0.717) is 17.4 Å². The molecule has 10 heteroatoms. The minimum Gasteiger partial charge on any atom is -0.458 e. The highest BCUT2D eigenvalue weighted by Crippen LogP contribution is 2.43. The summed E-state index contributed by atoms with van der Waals surface area (Å²) in [4.78, 5) is 35.2. The largest absolute Gasteiger partial charge is 0.472 e. The number of quaternary nitrogens is 1. The van der Waals surface area contributed by atoms with Crippen LogP contribution < -0.4 is 0 Å². The zero-order valence-corrected chi connectivity index (χ0v) is 36.3. The fourth-order valence-corrected chi connectivity index (χ4v) is 6.57. The van der Waals surface area contributed by atoms with Crippen molar-refractivity contribution in [2.45, 2.75) is 187 Å². The third-order valence-corrected chi connectivity index (χ3v) is 10.2. The van der Waals surface area contributed by atoms with Gasteiger partial charge in [0.25, 0.3) is 0 Å². The molecule has 54 heavy (non-hydrogen) atoms. The summed E-state index contributed by atoms with van der Waals surface area (Å²) >= 11 is 0. The Bertz CT molecular complexity index is 1020. The molecule has 0 aromatic carbocycles. The van der Waals surface area contributed by atoms with Crippen LogP contribution in [0.1, 0.15) is 181 Å². The molecule has 0 aliphatic rings. The molecule has 0 aliphatic carbocycles. The molecule has 1 unspecified atom stereocenters. The molecule has 9 nitrogen and oxygen atoms in total. The fraction of sp³-hybridized carbons (Fsp3) is 0.818. The number of likely N-dealkylation sites (N-methyl/N-ethyl adjacent to an activating group) is 1. The van der Waals surface area contributed by atoms with E-state index < -0.39 is 32.5 Å². The van der Waals surface area contributed by atoms with Crippen LogP contribution in [0.3, 0.4) is 0 Å². The molecule has 0 aromatic heterocycles. The smallest absolute Gasteiger partial charge is 0.458 e. The van der Waals surface area contributed by atoms with Gasteiger partial charge in [-0.3, -0.25) is 13.8 Å². The van der Waals surface area contributed by atoms with Gasteiger partial charge < -0.3 is 18.9 Å². The summed E-state index contributed by atoms with van der Waals surface area (Å²) in [7, 11) is 1.42. The van der Waals surface area contributed by atoms with Crippen LogP contribution in [0.4, 0.5) is 0 Å². The molecule has 0 rings (SSSR count). The maximum absolute atomic E-state index is 12.6. The second kappa shape index (κ2) is 36.8. The molecule has 0 amide bonds. The van der Waals surface area contributed by atoms with Gasteiger partial charge in [-0.1, -0.05) is 173 Å². The number of unbranched alkanes of at least 4 members (excludes halogenated alkanes) is 22. The summed E-state index contributed by atoms with van der Waals surface area (Å²) in [5.41, 5.74) is 0. The average Bonchev–Trinajstić information content (AvgIpc) is 3.12. The van der Waals surface area contributed by atoms with E-state index in [0.717, 1.165) is 25.7 Å². The van der Waals surface area contributed by atoms with E-state index in [1.807, 2.05) is 39.4 Å². The Hall–Kier alpha value is -1.77. The van der Waals surface area contributed by atoms with Crippen molar-refractivity contribution >= 4 is 19.8 Å². The summed E-state index contributed by atoms with van der Waals surface area (Å²) in [5, 5.41) is 0. The van der Waals surface area contributed by atoms with Crippen LogP contribution in [0.2, 0.25) is 0 Å². The predicted octanol–water partition coefficient (Wildman–Crippen LogP) is 12.1. The van der Waals surface area contributed by atoms with Gasteiger partial charge in [-0.15, -0.1) is 0 Å². The highest BCUT2D eigenvalue weighted by molar-refractivity contribution is 7.47. The van der Waals surface area contributed by atoms with Crippen LogP contribution in [0.5, 0.6) is 0 Å². The number of carbonyl (C=O) groups is 2. The minimum atomic E-state index is -4.40. The molecule has 0 saturated carbocycles.